The number of hydrogen-bond acceptors (Lipinski definition) is 6. The largest absolute Gasteiger partial charge is 0.447 e. The summed E-state index contributed by atoms with van der Waals surface area (Å²) in [5.74, 6) is -0.704. The molecule has 0 radical (unpaired) electrons. The van der Waals surface area contributed by atoms with Gasteiger partial charge in [-0.05, 0) is 45.8 Å². The Labute approximate surface area is 200 Å². The molecule has 4 rings (SSSR count). The number of rotatable bonds is 6. The van der Waals surface area contributed by atoms with Crippen LogP contribution in [0.4, 0.5) is 19.3 Å². The van der Waals surface area contributed by atoms with Crippen molar-refractivity contribution < 1.29 is 23.1 Å². The molecule has 0 bridgehead atoms. The van der Waals surface area contributed by atoms with Crippen molar-refractivity contribution in [2.75, 3.05) is 44.2 Å². The van der Waals surface area contributed by atoms with Crippen LogP contribution in [-0.4, -0.2) is 73.1 Å². The minimum Gasteiger partial charge on any atom is -0.447 e. The molecule has 3 aliphatic heterocycles. The molecule has 3 fully saturated rings. The summed E-state index contributed by atoms with van der Waals surface area (Å²) in [7, 11) is 0. The molecule has 188 valence electrons. The fourth-order valence-corrected chi connectivity index (χ4v) is 4.79. The van der Waals surface area contributed by atoms with E-state index in [4.69, 9.17) is 9.57 Å². The average molecular weight is 479 g/mol. The van der Waals surface area contributed by atoms with Gasteiger partial charge in [0.1, 0.15) is 17.7 Å². The maximum atomic E-state index is 14.8. The van der Waals surface area contributed by atoms with Gasteiger partial charge in [0.15, 0.2) is 0 Å². The molecule has 1 aromatic rings. The van der Waals surface area contributed by atoms with E-state index in [0.29, 0.717) is 69.7 Å². The van der Waals surface area contributed by atoms with Crippen LogP contribution < -0.4 is 4.90 Å². The molecule has 0 N–H and O–H groups in total. The lowest BCUT2D eigenvalue weighted by Gasteiger charge is -2.32. The molecule has 0 spiro atoms. The van der Waals surface area contributed by atoms with Crippen LogP contribution in [0.5, 0.6) is 0 Å². The fourth-order valence-electron chi connectivity index (χ4n) is 4.79. The van der Waals surface area contributed by atoms with Crippen molar-refractivity contribution in [2.45, 2.75) is 71.1 Å². The molecule has 0 saturated carbocycles. The van der Waals surface area contributed by atoms with Crippen molar-refractivity contribution in [3.8, 4) is 0 Å². The topological polar surface area (TPSA) is 57.6 Å². The van der Waals surface area contributed by atoms with E-state index >= 15 is 0 Å². The lowest BCUT2D eigenvalue weighted by molar-refractivity contribution is 0.00415. The lowest BCUT2D eigenvalue weighted by atomic mass is 10.1. The summed E-state index contributed by atoms with van der Waals surface area (Å²) in [4.78, 5) is 23.5. The van der Waals surface area contributed by atoms with Crippen molar-refractivity contribution in [2.24, 2.45) is 5.16 Å². The molecule has 34 heavy (non-hydrogen) atoms. The summed E-state index contributed by atoms with van der Waals surface area (Å²) in [5.41, 5.74) is 1.69. The molecular weight excluding hydrogens is 442 g/mol. The monoisotopic (exact) mass is 478 g/mol. The van der Waals surface area contributed by atoms with Gasteiger partial charge in [-0.3, -0.25) is 4.90 Å². The smallest absolute Gasteiger partial charge is 0.410 e. The molecule has 0 unspecified atom stereocenters. The SMILES string of the molecule is CC(C)OC(=O)N1CCC(ON=C2CCN(c3cc(F)c(CN4CCCC4)cc3F)CC2)CC1. The highest BCUT2D eigenvalue weighted by Gasteiger charge is 2.26. The molecule has 9 heteroatoms. The van der Waals surface area contributed by atoms with Crippen molar-refractivity contribution in [1.29, 1.82) is 0 Å². The van der Waals surface area contributed by atoms with Crippen LogP contribution in [0.3, 0.4) is 0 Å². The van der Waals surface area contributed by atoms with Gasteiger partial charge in [0.05, 0.1) is 17.5 Å². The highest BCUT2D eigenvalue weighted by Crippen LogP contribution is 2.27. The summed E-state index contributed by atoms with van der Waals surface area (Å²) in [6, 6.07) is 2.70. The molecule has 0 aliphatic carbocycles. The Bertz CT molecular complexity index is 871. The molecule has 3 saturated heterocycles. The number of nitrogens with zero attached hydrogens (tertiary/aromatic N) is 4. The van der Waals surface area contributed by atoms with Gasteiger partial charge in [0.25, 0.3) is 0 Å². The summed E-state index contributed by atoms with van der Waals surface area (Å²) in [6.45, 7) is 8.37. The van der Waals surface area contributed by atoms with E-state index < -0.39 is 0 Å². The second kappa shape index (κ2) is 11.3. The molecular formula is C25H36F2N4O3. The maximum Gasteiger partial charge on any atom is 0.410 e. The third-order valence-electron chi connectivity index (χ3n) is 6.76. The molecule has 1 amide bonds. The van der Waals surface area contributed by atoms with Gasteiger partial charge in [-0.15, -0.1) is 0 Å². The van der Waals surface area contributed by atoms with Crippen LogP contribution in [0.2, 0.25) is 0 Å². The number of carbonyl (C=O) groups excluding carboxylic acids is 1. The normalized spacial score (nSPS) is 20.2. The van der Waals surface area contributed by atoms with E-state index in [0.717, 1.165) is 31.6 Å². The van der Waals surface area contributed by atoms with Crippen LogP contribution in [0.25, 0.3) is 0 Å². The number of oxime groups is 1. The molecule has 3 aliphatic rings. The van der Waals surface area contributed by atoms with E-state index in [-0.39, 0.29) is 29.9 Å². The Kier molecular flexibility index (Phi) is 8.24. The van der Waals surface area contributed by atoms with Crippen LogP contribution in [0, 0.1) is 11.6 Å². The number of hydrogen-bond donors (Lipinski definition) is 0. The first kappa shape index (κ1) is 24.7. The quantitative estimate of drug-likeness (QED) is 0.562. The van der Waals surface area contributed by atoms with E-state index in [2.05, 4.69) is 10.1 Å². The number of benzene rings is 1. The molecule has 0 atom stereocenters. The van der Waals surface area contributed by atoms with E-state index in [9.17, 15) is 13.6 Å². The Hall–Kier alpha value is -2.42. The zero-order valence-electron chi connectivity index (χ0n) is 20.3. The van der Waals surface area contributed by atoms with Crippen LogP contribution in [-0.2, 0) is 16.1 Å². The second-order valence-corrected chi connectivity index (χ2v) is 9.75. The number of carbonyl (C=O) groups is 1. The van der Waals surface area contributed by atoms with E-state index in [1.54, 1.807) is 4.90 Å². The predicted molar refractivity (Wildman–Crippen MR) is 127 cm³/mol. The van der Waals surface area contributed by atoms with Gasteiger partial charge in [-0.1, -0.05) is 5.16 Å². The maximum absolute atomic E-state index is 14.8. The Morgan fingerprint density at radius 1 is 1.03 bits per heavy atom. The van der Waals surface area contributed by atoms with Crippen molar-refractivity contribution >= 4 is 17.5 Å². The minimum absolute atomic E-state index is 0.0247. The first-order valence-corrected chi connectivity index (χ1v) is 12.5. The number of ether oxygens (including phenoxy) is 1. The van der Waals surface area contributed by atoms with Gasteiger partial charge >= 0.3 is 6.09 Å². The summed E-state index contributed by atoms with van der Waals surface area (Å²) in [6.07, 6.45) is 4.53. The zero-order chi connectivity index (χ0) is 24.1. The number of piperidine rings is 2. The number of likely N-dealkylation sites (tertiary alicyclic amines) is 2. The highest BCUT2D eigenvalue weighted by atomic mass is 19.1. The summed E-state index contributed by atoms with van der Waals surface area (Å²) >= 11 is 0. The van der Waals surface area contributed by atoms with Gasteiger partial charge in [0, 0.05) is 70.0 Å². The molecule has 7 nitrogen and oxygen atoms in total. The van der Waals surface area contributed by atoms with Gasteiger partial charge in [-0.2, -0.15) is 0 Å². The van der Waals surface area contributed by atoms with Crippen LogP contribution in [0.15, 0.2) is 17.3 Å². The van der Waals surface area contributed by atoms with E-state index in [1.165, 1.54) is 12.1 Å². The number of anilines is 1. The standard InChI is InChI=1S/C25H36F2N4O3/c1-18(2)33-25(32)31-13-7-21(8-14-31)34-28-20-5-11-30(12-6-20)24-16-22(26)19(15-23(24)27)17-29-9-3-4-10-29/h15-16,18,21H,3-14,17H2,1-2H3. The predicted octanol–water partition coefficient (Wildman–Crippen LogP) is 4.54. The van der Waals surface area contributed by atoms with Crippen molar-refractivity contribution in [3.05, 3.63) is 29.3 Å². The Balaban J connectivity index is 1.24. The van der Waals surface area contributed by atoms with Crippen LogP contribution >= 0.6 is 0 Å². The van der Waals surface area contributed by atoms with Gasteiger partial charge in [-0.25, -0.2) is 13.6 Å². The molecule has 1 aromatic carbocycles. The van der Waals surface area contributed by atoms with Gasteiger partial charge in [0.2, 0.25) is 0 Å². The van der Waals surface area contributed by atoms with Crippen LogP contribution in [0.1, 0.15) is 57.9 Å². The molecule has 0 aromatic heterocycles. The molecule has 3 heterocycles. The third kappa shape index (κ3) is 6.37. The Morgan fingerprint density at radius 2 is 1.71 bits per heavy atom. The minimum atomic E-state index is -0.366. The van der Waals surface area contributed by atoms with Crippen molar-refractivity contribution in [1.82, 2.24) is 9.80 Å². The summed E-state index contributed by atoms with van der Waals surface area (Å²) < 4.78 is 34.7. The summed E-state index contributed by atoms with van der Waals surface area (Å²) in [5, 5.41) is 4.35. The van der Waals surface area contributed by atoms with Crippen molar-refractivity contribution in [3.63, 3.8) is 0 Å². The first-order chi connectivity index (χ1) is 16.4. The fraction of sp³-hybridized carbons (Fsp3) is 0.680. The second-order valence-electron chi connectivity index (χ2n) is 9.75. The number of halogens is 2. The zero-order valence-corrected chi connectivity index (χ0v) is 20.3. The first-order valence-electron chi connectivity index (χ1n) is 12.5. The third-order valence-corrected chi connectivity index (χ3v) is 6.76. The average Bonchev–Trinajstić information content (AvgIpc) is 3.33. The lowest BCUT2D eigenvalue weighted by Crippen LogP contribution is -2.41. The Morgan fingerprint density at radius 3 is 2.35 bits per heavy atom. The van der Waals surface area contributed by atoms with E-state index in [1.807, 2.05) is 18.7 Å². The van der Waals surface area contributed by atoms with Gasteiger partial charge < -0.3 is 19.4 Å². The number of amides is 1. The highest BCUT2D eigenvalue weighted by molar-refractivity contribution is 5.86.